The van der Waals surface area contributed by atoms with Crippen molar-refractivity contribution < 1.29 is 13.5 Å². The fourth-order valence-corrected chi connectivity index (χ4v) is 1.26. The Bertz CT molecular complexity index is 318. The molecule has 2 N–H and O–H groups in total. The van der Waals surface area contributed by atoms with Gasteiger partial charge in [-0.3, -0.25) is 0 Å². The largest absolute Gasteiger partial charge is 0.434 e. The SMILES string of the molecule is C[C@@H](N)c1cc(Cl)ccc1OC(F)F. The molecule has 0 aliphatic carbocycles. The van der Waals surface area contributed by atoms with Crippen molar-refractivity contribution in [1.29, 1.82) is 0 Å². The number of hydrogen-bond donors (Lipinski definition) is 1. The summed E-state index contributed by atoms with van der Waals surface area (Å²) in [6.45, 7) is -1.18. The molecule has 1 aromatic rings. The quantitative estimate of drug-likeness (QED) is 0.852. The van der Waals surface area contributed by atoms with Crippen LogP contribution in [0.15, 0.2) is 18.2 Å². The zero-order valence-electron chi connectivity index (χ0n) is 7.51. The number of nitrogens with two attached hydrogens (primary N) is 1. The van der Waals surface area contributed by atoms with Gasteiger partial charge < -0.3 is 10.5 Å². The van der Waals surface area contributed by atoms with E-state index in [4.69, 9.17) is 17.3 Å². The fraction of sp³-hybridized carbons (Fsp3) is 0.333. The summed E-state index contributed by atoms with van der Waals surface area (Å²) < 4.78 is 28.2. The maximum absolute atomic E-state index is 12.0. The molecule has 0 aliphatic rings. The number of halogens is 3. The Kier molecular flexibility index (Phi) is 3.66. The van der Waals surface area contributed by atoms with Gasteiger partial charge in [0.25, 0.3) is 0 Å². The Morgan fingerprint density at radius 1 is 1.43 bits per heavy atom. The monoisotopic (exact) mass is 221 g/mol. The van der Waals surface area contributed by atoms with Crippen LogP contribution in [0.5, 0.6) is 5.75 Å². The van der Waals surface area contributed by atoms with Crippen LogP contribution in [-0.4, -0.2) is 6.61 Å². The van der Waals surface area contributed by atoms with E-state index in [0.717, 1.165) is 0 Å². The third kappa shape index (κ3) is 2.82. The van der Waals surface area contributed by atoms with Crippen molar-refractivity contribution >= 4 is 11.6 Å². The van der Waals surface area contributed by atoms with E-state index in [1.54, 1.807) is 6.92 Å². The van der Waals surface area contributed by atoms with Crippen molar-refractivity contribution in [2.45, 2.75) is 19.6 Å². The van der Waals surface area contributed by atoms with Crippen LogP contribution in [0.4, 0.5) is 8.78 Å². The number of alkyl halides is 2. The molecule has 0 spiro atoms. The standard InChI is InChI=1S/C9H10ClF2NO/c1-5(13)7-4-6(10)2-3-8(7)14-9(11)12/h2-5,9H,13H2,1H3/t5-/m1/s1. The minimum absolute atomic E-state index is 0.0689. The fourth-order valence-electron chi connectivity index (χ4n) is 1.08. The van der Waals surface area contributed by atoms with Crippen LogP contribution in [0.2, 0.25) is 5.02 Å². The van der Waals surface area contributed by atoms with Gasteiger partial charge in [-0.1, -0.05) is 11.6 Å². The zero-order valence-corrected chi connectivity index (χ0v) is 8.26. The van der Waals surface area contributed by atoms with E-state index in [2.05, 4.69) is 4.74 Å². The van der Waals surface area contributed by atoms with Crippen LogP contribution >= 0.6 is 11.6 Å². The first-order chi connectivity index (χ1) is 6.50. The first-order valence-electron chi connectivity index (χ1n) is 4.00. The zero-order chi connectivity index (χ0) is 10.7. The second-order valence-corrected chi connectivity index (χ2v) is 3.29. The second-order valence-electron chi connectivity index (χ2n) is 2.85. The maximum Gasteiger partial charge on any atom is 0.387 e. The third-order valence-electron chi connectivity index (χ3n) is 1.68. The van der Waals surface area contributed by atoms with E-state index in [1.165, 1.54) is 18.2 Å². The number of benzene rings is 1. The average molecular weight is 222 g/mol. The van der Waals surface area contributed by atoms with E-state index in [-0.39, 0.29) is 5.75 Å². The van der Waals surface area contributed by atoms with Crippen molar-refractivity contribution in [1.82, 2.24) is 0 Å². The Hall–Kier alpha value is -0.870. The van der Waals surface area contributed by atoms with Gasteiger partial charge in [0.1, 0.15) is 5.75 Å². The average Bonchev–Trinajstić information content (AvgIpc) is 2.07. The highest BCUT2D eigenvalue weighted by molar-refractivity contribution is 6.30. The lowest BCUT2D eigenvalue weighted by Gasteiger charge is -2.13. The molecule has 0 fully saturated rings. The summed E-state index contributed by atoms with van der Waals surface area (Å²) in [6, 6.07) is 3.98. The predicted octanol–water partition coefficient (Wildman–Crippen LogP) is 2.96. The number of ether oxygens (including phenoxy) is 1. The summed E-state index contributed by atoms with van der Waals surface area (Å²) in [7, 11) is 0. The normalized spacial score (nSPS) is 13.0. The van der Waals surface area contributed by atoms with Crippen LogP contribution in [0.1, 0.15) is 18.5 Å². The van der Waals surface area contributed by atoms with E-state index in [9.17, 15) is 8.78 Å². The second kappa shape index (κ2) is 4.57. The lowest BCUT2D eigenvalue weighted by Crippen LogP contribution is -2.10. The molecule has 5 heteroatoms. The van der Waals surface area contributed by atoms with Gasteiger partial charge in [-0.2, -0.15) is 8.78 Å². The molecule has 0 radical (unpaired) electrons. The summed E-state index contributed by atoms with van der Waals surface area (Å²) >= 11 is 5.70. The molecule has 14 heavy (non-hydrogen) atoms. The summed E-state index contributed by atoms with van der Waals surface area (Å²) in [5.74, 6) is 0.0689. The molecule has 0 bridgehead atoms. The highest BCUT2D eigenvalue weighted by Crippen LogP contribution is 2.28. The van der Waals surface area contributed by atoms with Gasteiger partial charge in [0.15, 0.2) is 0 Å². The molecule has 2 nitrogen and oxygen atoms in total. The highest BCUT2D eigenvalue weighted by Gasteiger charge is 2.12. The highest BCUT2D eigenvalue weighted by atomic mass is 35.5. The maximum atomic E-state index is 12.0. The van der Waals surface area contributed by atoms with Gasteiger partial charge >= 0.3 is 6.61 Å². The molecule has 0 aliphatic heterocycles. The predicted molar refractivity (Wildman–Crippen MR) is 50.7 cm³/mol. The van der Waals surface area contributed by atoms with Gasteiger partial charge in [-0.25, -0.2) is 0 Å². The smallest absolute Gasteiger partial charge is 0.387 e. The van der Waals surface area contributed by atoms with Gasteiger partial charge in [0, 0.05) is 16.6 Å². The van der Waals surface area contributed by atoms with Crippen molar-refractivity contribution in [3.8, 4) is 5.75 Å². The summed E-state index contributed by atoms with van der Waals surface area (Å²) in [5, 5.41) is 0.443. The molecule has 0 unspecified atom stereocenters. The van der Waals surface area contributed by atoms with Crippen LogP contribution in [0, 0.1) is 0 Å². The van der Waals surface area contributed by atoms with Crippen LogP contribution in [0.25, 0.3) is 0 Å². The molecule has 0 heterocycles. The molecule has 78 valence electrons. The number of rotatable bonds is 3. The lowest BCUT2D eigenvalue weighted by molar-refractivity contribution is -0.0505. The van der Waals surface area contributed by atoms with E-state index < -0.39 is 12.7 Å². The molecule has 1 atom stereocenters. The Balaban J connectivity index is 3.02. The number of hydrogen-bond acceptors (Lipinski definition) is 2. The summed E-state index contributed by atoms with van der Waals surface area (Å²) in [6.07, 6.45) is 0. The molecule has 0 saturated carbocycles. The van der Waals surface area contributed by atoms with Gasteiger partial charge in [-0.15, -0.1) is 0 Å². The minimum atomic E-state index is -2.85. The topological polar surface area (TPSA) is 35.2 Å². The van der Waals surface area contributed by atoms with Gasteiger partial charge in [0.05, 0.1) is 0 Å². The molecule has 0 saturated heterocycles. The minimum Gasteiger partial charge on any atom is -0.434 e. The Labute approximate surface area is 85.6 Å². The summed E-state index contributed by atoms with van der Waals surface area (Å²) in [5.41, 5.74) is 6.05. The van der Waals surface area contributed by atoms with Crippen LogP contribution < -0.4 is 10.5 Å². The summed E-state index contributed by atoms with van der Waals surface area (Å²) in [4.78, 5) is 0. The molecular formula is C9H10ClF2NO. The van der Waals surface area contributed by atoms with Gasteiger partial charge in [-0.05, 0) is 25.1 Å². The van der Waals surface area contributed by atoms with Crippen LogP contribution in [0.3, 0.4) is 0 Å². The molecule has 1 rings (SSSR count). The molecule has 1 aromatic carbocycles. The van der Waals surface area contributed by atoms with Crippen molar-refractivity contribution in [3.05, 3.63) is 28.8 Å². The van der Waals surface area contributed by atoms with Crippen molar-refractivity contribution in [2.75, 3.05) is 0 Å². The van der Waals surface area contributed by atoms with Crippen molar-refractivity contribution in [3.63, 3.8) is 0 Å². The molecule has 0 amide bonds. The Morgan fingerprint density at radius 3 is 2.57 bits per heavy atom. The van der Waals surface area contributed by atoms with Crippen LogP contribution in [-0.2, 0) is 0 Å². The molecular weight excluding hydrogens is 212 g/mol. The van der Waals surface area contributed by atoms with Crippen molar-refractivity contribution in [2.24, 2.45) is 5.73 Å². The lowest BCUT2D eigenvalue weighted by atomic mass is 10.1. The third-order valence-corrected chi connectivity index (χ3v) is 1.91. The van der Waals surface area contributed by atoms with E-state index in [1.807, 2.05) is 0 Å². The Morgan fingerprint density at radius 2 is 2.07 bits per heavy atom. The first kappa shape index (κ1) is 11.2. The molecule has 0 aromatic heterocycles. The van der Waals surface area contributed by atoms with E-state index >= 15 is 0 Å². The first-order valence-corrected chi connectivity index (χ1v) is 4.38. The van der Waals surface area contributed by atoms with E-state index in [0.29, 0.717) is 10.6 Å². The van der Waals surface area contributed by atoms with Gasteiger partial charge in [0.2, 0.25) is 0 Å².